The van der Waals surface area contributed by atoms with Crippen molar-refractivity contribution in [3.05, 3.63) is 0 Å². The normalized spacial score (nSPS) is 32.2. The fourth-order valence-electron chi connectivity index (χ4n) is 1.10. The zero-order valence-corrected chi connectivity index (χ0v) is 7.13. The molecule has 0 aromatic heterocycles. The Morgan fingerprint density at radius 3 is 2.27 bits per heavy atom. The summed E-state index contributed by atoms with van der Waals surface area (Å²) in [4.78, 5) is 10.8. The van der Waals surface area contributed by atoms with E-state index in [1.54, 1.807) is 0 Å². The molecule has 1 saturated heterocycles. The third-order valence-corrected chi connectivity index (χ3v) is 1.93. The van der Waals surface area contributed by atoms with Crippen molar-refractivity contribution in [2.24, 2.45) is 5.41 Å². The predicted octanol–water partition coefficient (Wildman–Crippen LogP) is 0.709. The molecule has 1 aliphatic heterocycles. The fraction of sp³-hybridized carbons (Fsp3) is 0.875. The Kier molecular flexibility index (Phi) is 1.92. The second-order valence-corrected chi connectivity index (χ2v) is 4.04. The highest BCUT2D eigenvalue weighted by molar-refractivity contribution is 5.76. The average molecular weight is 158 g/mol. The topological polar surface area (TPSA) is 46.5 Å². The maximum Gasteiger partial charge on any atom is 0.335 e. The highest BCUT2D eigenvalue weighted by atomic mass is 16.6. The Hall–Kier alpha value is -0.570. The van der Waals surface area contributed by atoms with Crippen LogP contribution < -0.4 is 0 Å². The van der Waals surface area contributed by atoms with Crippen LogP contribution in [0.5, 0.6) is 0 Å². The third kappa shape index (κ3) is 1.71. The molecule has 1 N–H and O–H groups in total. The van der Waals surface area contributed by atoms with Crippen molar-refractivity contribution in [2.45, 2.75) is 39.4 Å². The molecule has 0 aliphatic carbocycles. The monoisotopic (exact) mass is 158 g/mol. The molecular weight excluding hydrogens is 144 g/mol. The Bertz CT molecular complexity index is 169. The number of cyclic esters (lactones) is 1. The summed E-state index contributed by atoms with van der Waals surface area (Å²) in [7, 11) is 0. The van der Waals surface area contributed by atoms with Crippen molar-refractivity contribution in [3.63, 3.8) is 0 Å². The molecule has 3 nitrogen and oxygen atoms in total. The molecule has 1 rings (SSSR count). The maximum absolute atomic E-state index is 10.8. The molecule has 2 atom stereocenters. The smallest absolute Gasteiger partial charge is 0.335 e. The van der Waals surface area contributed by atoms with E-state index in [1.165, 1.54) is 0 Å². The van der Waals surface area contributed by atoms with Gasteiger partial charge in [0.1, 0.15) is 6.10 Å². The Labute approximate surface area is 66.4 Å². The minimum atomic E-state index is -0.903. The van der Waals surface area contributed by atoms with Gasteiger partial charge in [-0.3, -0.25) is 0 Å². The molecule has 11 heavy (non-hydrogen) atoms. The molecule has 0 saturated carbocycles. The van der Waals surface area contributed by atoms with Crippen LogP contribution in [0.2, 0.25) is 0 Å². The van der Waals surface area contributed by atoms with E-state index in [9.17, 15) is 4.79 Å². The van der Waals surface area contributed by atoms with E-state index in [0.29, 0.717) is 6.42 Å². The molecule has 0 aromatic carbocycles. The van der Waals surface area contributed by atoms with Gasteiger partial charge in [-0.05, 0) is 5.41 Å². The number of carbonyl (C=O) groups excluding carboxylic acids is 1. The number of esters is 1. The summed E-state index contributed by atoms with van der Waals surface area (Å²) in [6, 6.07) is 0. The van der Waals surface area contributed by atoms with Crippen LogP contribution in [-0.2, 0) is 9.53 Å². The minimum Gasteiger partial charge on any atom is -0.460 e. The molecular formula is C8H14O3. The van der Waals surface area contributed by atoms with Crippen LogP contribution in [0.3, 0.4) is 0 Å². The zero-order valence-electron chi connectivity index (χ0n) is 7.13. The maximum atomic E-state index is 10.8. The number of ether oxygens (including phenoxy) is 1. The molecule has 0 radical (unpaired) electrons. The molecule has 2 unspecified atom stereocenters. The molecule has 0 amide bonds. The number of carbonyl (C=O) groups is 1. The highest BCUT2D eigenvalue weighted by Gasteiger charge is 2.39. The van der Waals surface area contributed by atoms with Crippen LogP contribution in [0.25, 0.3) is 0 Å². The van der Waals surface area contributed by atoms with E-state index in [4.69, 9.17) is 9.84 Å². The molecule has 0 bridgehead atoms. The van der Waals surface area contributed by atoms with Crippen molar-refractivity contribution in [1.29, 1.82) is 0 Å². The molecule has 0 spiro atoms. The summed E-state index contributed by atoms with van der Waals surface area (Å²) >= 11 is 0. The first kappa shape index (κ1) is 8.53. The Morgan fingerprint density at radius 2 is 2.09 bits per heavy atom. The lowest BCUT2D eigenvalue weighted by molar-refractivity contribution is -0.150. The van der Waals surface area contributed by atoms with E-state index < -0.39 is 12.1 Å². The predicted molar refractivity (Wildman–Crippen MR) is 40.0 cm³/mol. The standard InChI is InChI=1S/C8H14O3/c1-8(2,3)6-4-5(9)7(10)11-6/h5-6,9H,4H2,1-3H3. The van der Waals surface area contributed by atoms with Crippen LogP contribution in [-0.4, -0.2) is 23.3 Å². The van der Waals surface area contributed by atoms with Crippen LogP contribution in [0, 0.1) is 5.41 Å². The van der Waals surface area contributed by atoms with Crippen molar-refractivity contribution < 1.29 is 14.6 Å². The summed E-state index contributed by atoms with van der Waals surface area (Å²) in [5.41, 5.74) is -0.0624. The lowest BCUT2D eigenvalue weighted by Gasteiger charge is -2.24. The molecule has 0 aromatic rings. The second-order valence-electron chi connectivity index (χ2n) is 4.04. The number of rotatable bonds is 0. The van der Waals surface area contributed by atoms with E-state index >= 15 is 0 Å². The van der Waals surface area contributed by atoms with Gasteiger partial charge in [-0.2, -0.15) is 0 Å². The first-order valence-electron chi connectivity index (χ1n) is 3.80. The Morgan fingerprint density at radius 1 is 1.55 bits per heavy atom. The summed E-state index contributed by atoms with van der Waals surface area (Å²) in [6.45, 7) is 5.97. The quantitative estimate of drug-likeness (QED) is 0.528. The van der Waals surface area contributed by atoms with Gasteiger partial charge in [0, 0.05) is 6.42 Å². The second kappa shape index (κ2) is 2.48. The summed E-state index contributed by atoms with van der Waals surface area (Å²) < 4.78 is 4.95. The van der Waals surface area contributed by atoms with Crippen molar-refractivity contribution >= 4 is 5.97 Å². The van der Waals surface area contributed by atoms with E-state index in [-0.39, 0.29) is 11.5 Å². The van der Waals surface area contributed by atoms with Crippen LogP contribution in [0.1, 0.15) is 27.2 Å². The number of hydrogen-bond donors (Lipinski definition) is 1. The van der Waals surface area contributed by atoms with Gasteiger partial charge in [-0.25, -0.2) is 4.79 Å². The third-order valence-electron chi connectivity index (χ3n) is 1.93. The highest BCUT2D eigenvalue weighted by Crippen LogP contribution is 2.30. The van der Waals surface area contributed by atoms with Crippen LogP contribution in [0.4, 0.5) is 0 Å². The summed E-state index contributed by atoms with van der Waals surface area (Å²) in [5.74, 6) is -0.482. The molecule has 1 aliphatic rings. The van der Waals surface area contributed by atoms with Gasteiger partial charge in [-0.1, -0.05) is 20.8 Å². The van der Waals surface area contributed by atoms with Gasteiger partial charge in [0.25, 0.3) is 0 Å². The van der Waals surface area contributed by atoms with Gasteiger partial charge in [-0.15, -0.1) is 0 Å². The van der Waals surface area contributed by atoms with Crippen LogP contribution in [0.15, 0.2) is 0 Å². The Balaban J connectivity index is 2.61. The van der Waals surface area contributed by atoms with Gasteiger partial charge < -0.3 is 9.84 Å². The first-order chi connectivity index (χ1) is 4.91. The van der Waals surface area contributed by atoms with Crippen molar-refractivity contribution in [3.8, 4) is 0 Å². The largest absolute Gasteiger partial charge is 0.460 e. The van der Waals surface area contributed by atoms with Crippen molar-refractivity contribution in [2.75, 3.05) is 0 Å². The SMILES string of the molecule is CC(C)(C)C1CC(O)C(=O)O1. The van der Waals surface area contributed by atoms with Gasteiger partial charge in [0.2, 0.25) is 0 Å². The molecule has 64 valence electrons. The van der Waals surface area contributed by atoms with Crippen molar-refractivity contribution in [1.82, 2.24) is 0 Å². The number of aliphatic hydroxyl groups excluding tert-OH is 1. The molecule has 1 heterocycles. The number of hydrogen-bond acceptors (Lipinski definition) is 3. The van der Waals surface area contributed by atoms with Crippen LogP contribution >= 0.6 is 0 Å². The van der Waals surface area contributed by atoms with Gasteiger partial charge in [0.05, 0.1) is 0 Å². The van der Waals surface area contributed by atoms with Gasteiger partial charge >= 0.3 is 5.97 Å². The summed E-state index contributed by atoms with van der Waals surface area (Å²) in [5, 5.41) is 9.06. The lowest BCUT2D eigenvalue weighted by Crippen LogP contribution is -2.25. The van der Waals surface area contributed by atoms with E-state index in [2.05, 4.69) is 0 Å². The first-order valence-corrected chi connectivity index (χ1v) is 3.80. The summed E-state index contributed by atoms with van der Waals surface area (Å²) in [6.07, 6.45) is -0.605. The zero-order chi connectivity index (χ0) is 8.65. The minimum absolute atomic E-state index is 0.0624. The van der Waals surface area contributed by atoms with E-state index in [0.717, 1.165) is 0 Å². The van der Waals surface area contributed by atoms with E-state index in [1.807, 2.05) is 20.8 Å². The number of aliphatic hydroxyl groups is 1. The molecule has 3 heteroatoms. The van der Waals surface area contributed by atoms with Gasteiger partial charge in [0.15, 0.2) is 6.10 Å². The average Bonchev–Trinajstić information content (AvgIpc) is 2.11. The lowest BCUT2D eigenvalue weighted by atomic mass is 9.87. The fourth-order valence-corrected chi connectivity index (χ4v) is 1.10. The molecule has 1 fully saturated rings.